The van der Waals surface area contributed by atoms with E-state index >= 15 is 0 Å². The van der Waals surface area contributed by atoms with Crippen LogP contribution in [0.4, 0.5) is 5.82 Å². The van der Waals surface area contributed by atoms with Gasteiger partial charge in [0, 0.05) is 6.07 Å². The second-order valence-corrected chi connectivity index (χ2v) is 4.19. The lowest BCUT2D eigenvalue weighted by atomic mass is 10.2. The van der Waals surface area contributed by atoms with Crippen LogP contribution in [0.2, 0.25) is 0 Å². The van der Waals surface area contributed by atoms with Gasteiger partial charge < -0.3 is 10.5 Å². The maximum Gasteiger partial charge on any atom is 0.239 e. The van der Waals surface area contributed by atoms with Gasteiger partial charge in [0.15, 0.2) is 0 Å². The van der Waals surface area contributed by atoms with Gasteiger partial charge in [-0.15, -0.1) is 10.2 Å². The fraction of sp³-hybridized carbons (Fsp3) is 0.0909. The molecule has 0 amide bonds. The molecule has 0 saturated heterocycles. The molecular weight excluding hydrogens is 270 g/mol. The van der Waals surface area contributed by atoms with Crippen molar-refractivity contribution in [3.05, 3.63) is 40.4 Å². The van der Waals surface area contributed by atoms with Crippen molar-refractivity contribution in [3.63, 3.8) is 0 Å². The van der Waals surface area contributed by atoms with Gasteiger partial charge in [-0.25, -0.2) is 0 Å². The first kappa shape index (κ1) is 10.9. The third-order valence-corrected chi connectivity index (χ3v) is 2.58. The number of halogens is 1. The van der Waals surface area contributed by atoms with E-state index in [0.29, 0.717) is 17.4 Å². The van der Waals surface area contributed by atoms with E-state index in [1.54, 1.807) is 12.1 Å². The third kappa shape index (κ3) is 2.49. The first-order valence-corrected chi connectivity index (χ1v) is 5.47. The van der Waals surface area contributed by atoms with Gasteiger partial charge in [-0.2, -0.15) is 0 Å². The number of aryl methyl sites for hydroxylation is 1. The maximum absolute atomic E-state index is 5.54. The first-order valence-electron chi connectivity index (χ1n) is 4.68. The number of hydrogen-bond donors (Lipinski definition) is 1. The second-order valence-electron chi connectivity index (χ2n) is 3.33. The van der Waals surface area contributed by atoms with Gasteiger partial charge in [0.05, 0.1) is 4.47 Å². The highest BCUT2D eigenvalue weighted by Gasteiger charge is 2.03. The minimum atomic E-state index is 0.371. The number of nitrogens with zero attached hydrogens (tertiary/aromatic N) is 2. The molecule has 2 aromatic rings. The van der Waals surface area contributed by atoms with Crippen LogP contribution < -0.4 is 10.5 Å². The summed E-state index contributed by atoms with van der Waals surface area (Å²) < 4.78 is 6.42. The average Bonchev–Trinajstić information content (AvgIpc) is 2.25. The number of ether oxygens (including phenoxy) is 1. The summed E-state index contributed by atoms with van der Waals surface area (Å²) in [6, 6.07) is 9.13. The molecule has 1 heterocycles. The zero-order valence-corrected chi connectivity index (χ0v) is 10.2. The molecule has 0 unspecified atom stereocenters. The lowest BCUT2D eigenvalue weighted by Gasteiger charge is -2.06. The van der Waals surface area contributed by atoms with Gasteiger partial charge >= 0.3 is 0 Å². The van der Waals surface area contributed by atoms with Crippen LogP contribution in [0, 0.1) is 6.92 Å². The van der Waals surface area contributed by atoms with E-state index < -0.39 is 0 Å². The van der Waals surface area contributed by atoms with E-state index in [-0.39, 0.29) is 0 Å². The predicted octanol–water partition coefficient (Wildman–Crippen LogP) is 2.92. The molecule has 5 heteroatoms. The molecule has 1 aromatic heterocycles. The van der Waals surface area contributed by atoms with Crippen molar-refractivity contribution in [1.82, 2.24) is 10.2 Å². The van der Waals surface area contributed by atoms with Crippen LogP contribution in [0.5, 0.6) is 11.6 Å². The van der Waals surface area contributed by atoms with Crippen LogP contribution >= 0.6 is 15.9 Å². The van der Waals surface area contributed by atoms with E-state index in [1.165, 1.54) is 0 Å². The van der Waals surface area contributed by atoms with E-state index in [0.717, 1.165) is 10.0 Å². The molecule has 16 heavy (non-hydrogen) atoms. The zero-order chi connectivity index (χ0) is 11.5. The van der Waals surface area contributed by atoms with Crippen molar-refractivity contribution in [2.75, 3.05) is 5.73 Å². The molecule has 2 N–H and O–H groups in total. The van der Waals surface area contributed by atoms with Gasteiger partial charge in [-0.3, -0.25) is 0 Å². The monoisotopic (exact) mass is 279 g/mol. The summed E-state index contributed by atoms with van der Waals surface area (Å²) >= 11 is 3.42. The average molecular weight is 280 g/mol. The van der Waals surface area contributed by atoms with Gasteiger partial charge in [-0.05, 0) is 46.6 Å². The lowest BCUT2D eigenvalue weighted by Crippen LogP contribution is -1.95. The summed E-state index contributed by atoms with van der Waals surface area (Å²) in [7, 11) is 0. The molecular formula is C11H10BrN3O. The van der Waals surface area contributed by atoms with Crippen LogP contribution in [0.25, 0.3) is 0 Å². The van der Waals surface area contributed by atoms with Crippen molar-refractivity contribution in [3.8, 4) is 11.6 Å². The number of anilines is 1. The topological polar surface area (TPSA) is 61.0 Å². The number of nitrogen functional groups attached to an aromatic ring is 1. The minimum absolute atomic E-state index is 0.371. The van der Waals surface area contributed by atoms with Crippen molar-refractivity contribution in [2.24, 2.45) is 0 Å². The van der Waals surface area contributed by atoms with Crippen LogP contribution in [-0.4, -0.2) is 10.2 Å². The van der Waals surface area contributed by atoms with E-state index in [1.807, 2.05) is 25.1 Å². The molecule has 0 aliphatic heterocycles. The molecule has 0 aliphatic carbocycles. The van der Waals surface area contributed by atoms with Crippen molar-refractivity contribution in [1.29, 1.82) is 0 Å². The van der Waals surface area contributed by atoms with Crippen LogP contribution in [0.15, 0.2) is 34.8 Å². The Morgan fingerprint density at radius 1 is 1.19 bits per heavy atom. The highest BCUT2D eigenvalue weighted by Crippen LogP contribution is 2.29. The Morgan fingerprint density at radius 2 is 2.00 bits per heavy atom. The number of rotatable bonds is 2. The molecule has 0 saturated carbocycles. The smallest absolute Gasteiger partial charge is 0.239 e. The van der Waals surface area contributed by atoms with E-state index in [9.17, 15) is 0 Å². The van der Waals surface area contributed by atoms with Gasteiger partial charge in [0.2, 0.25) is 5.88 Å². The van der Waals surface area contributed by atoms with Crippen LogP contribution in [-0.2, 0) is 0 Å². The Labute approximate surface area is 102 Å². The molecule has 4 nitrogen and oxygen atoms in total. The SMILES string of the molecule is Cc1ccc(Oc2ccc(N)nn2)c(Br)c1. The highest BCUT2D eigenvalue weighted by atomic mass is 79.9. The van der Waals surface area contributed by atoms with Crippen molar-refractivity contribution >= 4 is 21.7 Å². The summed E-state index contributed by atoms with van der Waals surface area (Å²) in [5.74, 6) is 1.48. The van der Waals surface area contributed by atoms with Gasteiger partial charge in [0.1, 0.15) is 11.6 Å². The summed E-state index contributed by atoms with van der Waals surface area (Å²) in [5.41, 5.74) is 6.59. The zero-order valence-electron chi connectivity index (χ0n) is 8.64. The quantitative estimate of drug-likeness (QED) is 0.918. The number of hydrogen-bond acceptors (Lipinski definition) is 4. The molecule has 0 atom stereocenters. The summed E-state index contributed by atoms with van der Waals surface area (Å²) in [5, 5.41) is 7.53. The third-order valence-electron chi connectivity index (χ3n) is 1.96. The Morgan fingerprint density at radius 3 is 2.62 bits per heavy atom. The molecule has 0 aliphatic rings. The standard InChI is InChI=1S/C11H10BrN3O/c1-7-2-3-9(8(12)6-7)16-11-5-4-10(13)14-15-11/h2-6H,1H3,(H2,13,14). The summed E-state index contributed by atoms with van der Waals surface area (Å²) in [4.78, 5) is 0. The molecule has 0 spiro atoms. The fourth-order valence-corrected chi connectivity index (χ4v) is 1.76. The van der Waals surface area contributed by atoms with Crippen molar-refractivity contribution in [2.45, 2.75) is 6.92 Å². The Bertz CT molecular complexity index is 499. The van der Waals surface area contributed by atoms with E-state index in [4.69, 9.17) is 10.5 Å². The number of benzene rings is 1. The van der Waals surface area contributed by atoms with Gasteiger partial charge in [-0.1, -0.05) is 6.07 Å². The second kappa shape index (κ2) is 4.49. The number of aromatic nitrogens is 2. The van der Waals surface area contributed by atoms with E-state index in [2.05, 4.69) is 26.1 Å². The molecule has 1 aromatic carbocycles. The normalized spacial score (nSPS) is 10.1. The summed E-state index contributed by atoms with van der Waals surface area (Å²) in [6.07, 6.45) is 0. The lowest BCUT2D eigenvalue weighted by molar-refractivity contribution is 0.453. The predicted molar refractivity (Wildman–Crippen MR) is 65.4 cm³/mol. The fourth-order valence-electron chi connectivity index (χ4n) is 1.19. The van der Waals surface area contributed by atoms with Crippen LogP contribution in [0.3, 0.4) is 0 Å². The first-order chi connectivity index (χ1) is 7.65. The Hall–Kier alpha value is -1.62. The largest absolute Gasteiger partial charge is 0.436 e. The molecule has 0 fully saturated rings. The van der Waals surface area contributed by atoms with Gasteiger partial charge in [0.25, 0.3) is 0 Å². The maximum atomic E-state index is 5.54. The molecule has 2 rings (SSSR count). The van der Waals surface area contributed by atoms with Crippen molar-refractivity contribution < 1.29 is 4.74 Å². The Balaban J connectivity index is 2.23. The molecule has 0 bridgehead atoms. The molecule has 82 valence electrons. The summed E-state index contributed by atoms with van der Waals surface area (Å²) in [6.45, 7) is 2.01. The minimum Gasteiger partial charge on any atom is -0.436 e. The number of nitrogens with two attached hydrogens (primary N) is 1. The van der Waals surface area contributed by atoms with Crippen LogP contribution in [0.1, 0.15) is 5.56 Å². The molecule has 0 radical (unpaired) electrons. The highest BCUT2D eigenvalue weighted by molar-refractivity contribution is 9.10. The Kier molecular flexibility index (Phi) is 3.05.